The van der Waals surface area contributed by atoms with Crippen LogP contribution in [0.2, 0.25) is 0 Å². The molecule has 1 aromatic heterocycles. The van der Waals surface area contributed by atoms with Crippen LogP contribution in [0.25, 0.3) is 10.9 Å². The van der Waals surface area contributed by atoms with Crippen LogP contribution in [-0.4, -0.2) is 31.6 Å². The molecule has 0 fully saturated rings. The molecule has 0 radical (unpaired) electrons. The predicted molar refractivity (Wildman–Crippen MR) is 89.1 cm³/mol. The number of hydrogen-bond donors (Lipinski definition) is 0. The predicted octanol–water partition coefficient (Wildman–Crippen LogP) is 3.72. The molecule has 0 spiro atoms. The lowest BCUT2D eigenvalue weighted by molar-refractivity contribution is 0.321. The second kappa shape index (κ2) is 6.94. The molecule has 0 saturated heterocycles. The fourth-order valence-electron chi connectivity index (χ4n) is 2.17. The van der Waals surface area contributed by atoms with Gasteiger partial charge in [0, 0.05) is 29.2 Å². The van der Waals surface area contributed by atoms with Crippen molar-refractivity contribution in [2.45, 2.75) is 24.8 Å². The van der Waals surface area contributed by atoms with Crippen LogP contribution in [0, 0.1) is 0 Å². The molecular weight excluding hydrogens is 330 g/mol. The van der Waals surface area contributed by atoms with Crippen molar-refractivity contribution in [2.75, 3.05) is 18.6 Å². The van der Waals surface area contributed by atoms with Crippen molar-refractivity contribution in [2.24, 2.45) is 0 Å². The molecule has 0 bridgehead atoms. The first-order chi connectivity index (χ1) is 9.99. The zero-order chi connectivity index (χ0) is 15.5. The van der Waals surface area contributed by atoms with Crippen LogP contribution >= 0.6 is 22.4 Å². The van der Waals surface area contributed by atoms with Gasteiger partial charge in [0.25, 0.3) is 9.05 Å². The van der Waals surface area contributed by atoms with E-state index in [0.717, 1.165) is 24.2 Å². The lowest BCUT2D eigenvalue weighted by atomic mass is 10.2. The highest BCUT2D eigenvalue weighted by Gasteiger charge is 2.21. The Kier molecular flexibility index (Phi) is 5.46. The molecule has 2 aromatic rings. The van der Waals surface area contributed by atoms with Gasteiger partial charge in [-0.15, -0.1) is 0 Å². The summed E-state index contributed by atoms with van der Waals surface area (Å²) >= 11 is 1.71. The van der Waals surface area contributed by atoms with E-state index in [-0.39, 0.29) is 4.90 Å². The van der Waals surface area contributed by atoms with Gasteiger partial charge in [0.15, 0.2) is 0 Å². The molecule has 21 heavy (non-hydrogen) atoms. The Balaban J connectivity index is 2.63. The number of aromatic nitrogens is 1. The molecule has 0 atom stereocenters. The van der Waals surface area contributed by atoms with Crippen LogP contribution in [0.5, 0.6) is 5.75 Å². The first-order valence-electron chi connectivity index (χ1n) is 6.67. The van der Waals surface area contributed by atoms with E-state index in [2.05, 4.69) is 0 Å². The van der Waals surface area contributed by atoms with E-state index in [1.54, 1.807) is 24.0 Å². The third-order valence-electron chi connectivity index (χ3n) is 3.09. The number of hydrogen-bond acceptors (Lipinski definition) is 4. The molecule has 1 heterocycles. The zero-order valence-electron chi connectivity index (χ0n) is 12.0. The number of halogens is 1. The average molecular weight is 348 g/mol. The van der Waals surface area contributed by atoms with Gasteiger partial charge < -0.3 is 9.30 Å². The Bertz CT molecular complexity index is 725. The first-order valence-corrected chi connectivity index (χ1v) is 10.4. The van der Waals surface area contributed by atoms with Gasteiger partial charge in [-0.3, -0.25) is 0 Å². The second-order valence-corrected chi connectivity index (χ2v) is 8.14. The van der Waals surface area contributed by atoms with Gasteiger partial charge in [0.2, 0.25) is 0 Å². The Morgan fingerprint density at radius 3 is 2.76 bits per heavy atom. The summed E-state index contributed by atoms with van der Waals surface area (Å²) in [6.07, 6.45) is 4.47. The van der Waals surface area contributed by atoms with E-state index in [1.165, 1.54) is 0 Å². The van der Waals surface area contributed by atoms with Gasteiger partial charge in [0.05, 0.1) is 17.5 Å². The largest absolute Gasteiger partial charge is 0.493 e. The van der Waals surface area contributed by atoms with E-state index in [1.807, 2.05) is 29.9 Å². The summed E-state index contributed by atoms with van der Waals surface area (Å²) in [5.74, 6) is 1.46. The average Bonchev–Trinajstić information content (AvgIpc) is 2.82. The molecule has 1 aromatic carbocycles. The summed E-state index contributed by atoms with van der Waals surface area (Å²) in [5, 5.41) is 0.571. The number of thioether (sulfide) groups is 1. The standard InChI is InChI=1S/C14H18ClNO3S2/c1-3-8-19-12-6-4-5-11-14(12)13(21(15,17)18)10-16(11)7-9-20-2/h4-6,10H,3,7-9H2,1-2H3. The Morgan fingerprint density at radius 2 is 2.14 bits per heavy atom. The second-order valence-electron chi connectivity index (χ2n) is 4.62. The van der Waals surface area contributed by atoms with E-state index in [4.69, 9.17) is 15.4 Å². The topological polar surface area (TPSA) is 48.3 Å². The minimum Gasteiger partial charge on any atom is -0.493 e. The highest BCUT2D eigenvalue weighted by Crippen LogP contribution is 2.35. The van der Waals surface area contributed by atoms with E-state index in [0.29, 0.717) is 17.7 Å². The highest BCUT2D eigenvalue weighted by molar-refractivity contribution is 8.14. The fourth-order valence-corrected chi connectivity index (χ4v) is 3.61. The van der Waals surface area contributed by atoms with Crippen molar-refractivity contribution in [3.63, 3.8) is 0 Å². The number of fused-ring (bicyclic) bond motifs is 1. The molecule has 116 valence electrons. The summed E-state index contributed by atoms with van der Waals surface area (Å²) in [4.78, 5) is 0.118. The molecule has 0 unspecified atom stereocenters. The third-order valence-corrected chi connectivity index (χ3v) is 5.02. The number of nitrogens with zero attached hydrogens (tertiary/aromatic N) is 1. The molecule has 2 rings (SSSR count). The Morgan fingerprint density at radius 1 is 1.38 bits per heavy atom. The maximum absolute atomic E-state index is 11.9. The summed E-state index contributed by atoms with van der Waals surface area (Å²) in [7, 11) is 1.77. The summed E-state index contributed by atoms with van der Waals surface area (Å²) in [6, 6.07) is 5.54. The van der Waals surface area contributed by atoms with E-state index in [9.17, 15) is 8.42 Å². The maximum Gasteiger partial charge on any atom is 0.263 e. The lowest BCUT2D eigenvalue weighted by Gasteiger charge is -2.08. The van der Waals surface area contributed by atoms with Crippen LogP contribution in [0.3, 0.4) is 0 Å². The van der Waals surface area contributed by atoms with Gasteiger partial charge in [-0.25, -0.2) is 8.42 Å². The zero-order valence-corrected chi connectivity index (χ0v) is 14.4. The fraction of sp³-hybridized carbons (Fsp3) is 0.429. The smallest absolute Gasteiger partial charge is 0.263 e. The molecule has 0 aliphatic rings. The third kappa shape index (κ3) is 3.67. The van der Waals surface area contributed by atoms with Crippen molar-refractivity contribution in [3.05, 3.63) is 24.4 Å². The van der Waals surface area contributed by atoms with Crippen LogP contribution in [0.15, 0.2) is 29.3 Å². The summed E-state index contributed by atoms with van der Waals surface area (Å²) in [5.41, 5.74) is 0.830. The van der Waals surface area contributed by atoms with E-state index < -0.39 is 9.05 Å². The minimum absolute atomic E-state index is 0.118. The van der Waals surface area contributed by atoms with Gasteiger partial charge in [-0.05, 0) is 24.8 Å². The van der Waals surface area contributed by atoms with Crippen LogP contribution in [0.4, 0.5) is 0 Å². The molecule has 4 nitrogen and oxygen atoms in total. The molecular formula is C14H18ClNO3S2. The van der Waals surface area contributed by atoms with Crippen molar-refractivity contribution in [3.8, 4) is 5.75 Å². The first kappa shape index (κ1) is 16.5. The van der Waals surface area contributed by atoms with Gasteiger partial charge in [-0.1, -0.05) is 13.0 Å². The van der Waals surface area contributed by atoms with Gasteiger partial charge in [-0.2, -0.15) is 11.8 Å². The minimum atomic E-state index is -3.82. The Labute approximate surface area is 133 Å². The lowest BCUT2D eigenvalue weighted by Crippen LogP contribution is -1.99. The van der Waals surface area contributed by atoms with Gasteiger partial charge in [0.1, 0.15) is 10.6 Å². The molecule has 0 aliphatic carbocycles. The monoisotopic (exact) mass is 347 g/mol. The van der Waals surface area contributed by atoms with Crippen LogP contribution in [-0.2, 0) is 15.6 Å². The SMILES string of the molecule is CCCOc1cccc2c1c(S(=O)(=O)Cl)cn2CCSC. The van der Waals surface area contributed by atoms with Crippen molar-refractivity contribution < 1.29 is 13.2 Å². The van der Waals surface area contributed by atoms with Crippen molar-refractivity contribution >= 4 is 42.4 Å². The maximum atomic E-state index is 11.9. The Hall–Kier alpha value is -0.850. The summed E-state index contributed by atoms with van der Waals surface area (Å²) in [6.45, 7) is 3.27. The molecule has 7 heteroatoms. The highest BCUT2D eigenvalue weighted by atomic mass is 35.7. The number of rotatable bonds is 7. The molecule has 0 N–H and O–H groups in total. The molecule has 0 saturated carbocycles. The van der Waals surface area contributed by atoms with Gasteiger partial charge >= 0.3 is 0 Å². The molecule has 0 aliphatic heterocycles. The van der Waals surface area contributed by atoms with Crippen molar-refractivity contribution in [1.82, 2.24) is 4.57 Å². The van der Waals surface area contributed by atoms with Crippen molar-refractivity contribution in [1.29, 1.82) is 0 Å². The normalized spacial score (nSPS) is 12.0. The number of benzene rings is 1. The summed E-state index contributed by atoms with van der Waals surface area (Å²) < 4.78 is 31.3. The van der Waals surface area contributed by atoms with Crippen LogP contribution < -0.4 is 4.74 Å². The van der Waals surface area contributed by atoms with E-state index >= 15 is 0 Å². The quantitative estimate of drug-likeness (QED) is 0.716. The number of aryl methyl sites for hydroxylation is 1. The number of ether oxygens (including phenoxy) is 1. The molecule has 0 amide bonds. The van der Waals surface area contributed by atoms with Crippen LogP contribution in [0.1, 0.15) is 13.3 Å².